The highest BCUT2D eigenvalue weighted by Gasteiger charge is 2.20. The lowest BCUT2D eigenvalue weighted by molar-refractivity contribution is 0.0906. The number of amides is 1. The van der Waals surface area contributed by atoms with Crippen LogP contribution in [-0.2, 0) is 13.1 Å². The van der Waals surface area contributed by atoms with Crippen molar-refractivity contribution < 1.29 is 9.21 Å². The van der Waals surface area contributed by atoms with E-state index >= 15 is 0 Å². The third-order valence-electron chi connectivity index (χ3n) is 4.28. The fourth-order valence-electron chi connectivity index (χ4n) is 3.07. The summed E-state index contributed by atoms with van der Waals surface area (Å²) in [5, 5.41) is 7.13. The first kappa shape index (κ1) is 16.7. The summed E-state index contributed by atoms with van der Waals surface area (Å²) in [6, 6.07) is 3.40. The number of aromatic nitrogens is 3. The zero-order chi connectivity index (χ0) is 16.9. The van der Waals surface area contributed by atoms with Gasteiger partial charge >= 0.3 is 0 Å². The molecular formula is C17H25N5O2. The van der Waals surface area contributed by atoms with E-state index in [0.717, 1.165) is 44.2 Å². The first-order valence-electron chi connectivity index (χ1n) is 8.67. The van der Waals surface area contributed by atoms with Crippen LogP contribution in [0.25, 0.3) is 0 Å². The molecule has 0 aliphatic carbocycles. The molecule has 0 spiro atoms. The third-order valence-corrected chi connectivity index (χ3v) is 4.28. The summed E-state index contributed by atoms with van der Waals surface area (Å²) in [6.45, 7) is 7.75. The molecule has 1 aliphatic rings. The van der Waals surface area contributed by atoms with E-state index in [1.807, 2.05) is 17.7 Å². The Labute approximate surface area is 142 Å². The summed E-state index contributed by atoms with van der Waals surface area (Å²) >= 11 is 0. The normalized spacial score (nSPS) is 16.4. The molecule has 2 aromatic rings. The summed E-state index contributed by atoms with van der Waals surface area (Å²) in [7, 11) is 0. The van der Waals surface area contributed by atoms with Gasteiger partial charge in [-0.05, 0) is 51.4 Å². The molecule has 0 saturated carbocycles. The lowest BCUT2D eigenvalue weighted by atomic mass is 10.3. The number of rotatable bonds is 7. The zero-order valence-electron chi connectivity index (χ0n) is 14.4. The van der Waals surface area contributed by atoms with Crippen LogP contribution in [0.1, 0.15) is 61.3 Å². The average molecular weight is 331 g/mol. The molecule has 1 aliphatic heterocycles. The van der Waals surface area contributed by atoms with Crippen molar-refractivity contribution in [3.05, 3.63) is 35.8 Å². The van der Waals surface area contributed by atoms with E-state index in [0.29, 0.717) is 5.76 Å². The Kier molecular flexibility index (Phi) is 5.30. The highest BCUT2D eigenvalue weighted by Crippen LogP contribution is 2.16. The number of nitrogens with one attached hydrogen (secondary N) is 1. The maximum absolute atomic E-state index is 12.4. The molecule has 0 unspecified atom stereocenters. The summed E-state index contributed by atoms with van der Waals surface area (Å²) in [6.07, 6.45) is 4.97. The number of furan rings is 1. The number of hydrogen-bond acceptors (Lipinski definition) is 5. The van der Waals surface area contributed by atoms with Gasteiger partial charge in [0.25, 0.3) is 5.91 Å². The number of likely N-dealkylation sites (tertiary alicyclic amines) is 1. The van der Waals surface area contributed by atoms with Crippen LogP contribution in [-0.4, -0.2) is 38.7 Å². The predicted molar refractivity (Wildman–Crippen MR) is 89.4 cm³/mol. The van der Waals surface area contributed by atoms with Crippen LogP contribution in [0.2, 0.25) is 0 Å². The van der Waals surface area contributed by atoms with Crippen LogP contribution in [0.5, 0.6) is 0 Å². The number of carbonyl (C=O) groups is 1. The van der Waals surface area contributed by atoms with Gasteiger partial charge in [-0.3, -0.25) is 9.69 Å². The fourth-order valence-corrected chi connectivity index (χ4v) is 3.07. The summed E-state index contributed by atoms with van der Waals surface area (Å²) in [4.78, 5) is 19.0. The molecule has 0 radical (unpaired) electrons. The van der Waals surface area contributed by atoms with Crippen LogP contribution in [0.4, 0.5) is 0 Å². The van der Waals surface area contributed by atoms with Crippen molar-refractivity contribution in [3.63, 3.8) is 0 Å². The number of hydrogen-bond donors (Lipinski definition) is 1. The van der Waals surface area contributed by atoms with Gasteiger partial charge in [0, 0.05) is 6.54 Å². The molecule has 2 aromatic heterocycles. The Balaban J connectivity index is 1.59. The van der Waals surface area contributed by atoms with Crippen LogP contribution in [0, 0.1) is 0 Å². The molecule has 0 bridgehead atoms. The first-order valence-corrected chi connectivity index (χ1v) is 8.67. The molecule has 1 saturated heterocycles. The molecule has 3 rings (SSSR count). The maximum Gasteiger partial charge on any atom is 0.287 e. The minimum Gasteiger partial charge on any atom is -0.455 e. The second-order valence-electron chi connectivity index (χ2n) is 6.29. The van der Waals surface area contributed by atoms with Crippen molar-refractivity contribution in [1.82, 2.24) is 25.0 Å². The Morgan fingerprint density at radius 1 is 1.38 bits per heavy atom. The molecule has 0 aromatic carbocycles. The van der Waals surface area contributed by atoms with Crippen LogP contribution in [0.15, 0.2) is 22.9 Å². The molecule has 1 amide bonds. The van der Waals surface area contributed by atoms with Crippen molar-refractivity contribution in [2.24, 2.45) is 0 Å². The van der Waals surface area contributed by atoms with Gasteiger partial charge in [-0.2, -0.15) is 5.10 Å². The van der Waals surface area contributed by atoms with E-state index in [1.165, 1.54) is 19.2 Å². The minimum atomic E-state index is -0.223. The topological polar surface area (TPSA) is 76.2 Å². The van der Waals surface area contributed by atoms with E-state index in [9.17, 15) is 4.79 Å². The smallest absolute Gasteiger partial charge is 0.287 e. The van der Waals surface area contributed by atoms with Gasteiger partial charge in [0.05, 0.1) is 12.6 Å². The molecule has 24 heavy (non-hydrogen) atoms. The van der Waals surface area contributed by atoms with Crippen LogP contribution in [0.3, 0.4) is 0 Å². The Morgan fingerprint density at radius 2 is 2.17 bits per heavy atom. The van der Waals surface area contributed by atoms with Crippen molar-refractivity contribution in [1.29, 1.82) is 0 Å². The molecule has 1 fully saturated rings. The van der Waals surface area contributed by atoms with Gasteiger partial charge in [-0.1, -0.05) is 6.92 Å². The quantitative estimate of drug-likeness (QED) is 0.843. The van der Waals surface area contributed by atoms with Crippen LogP contribution < -0.4 is 5.32 Å². The van der Waals surface area contributed by atoms with Crippen molar-refractivity contribution >= 4 is 5.91 Å². The number of carbonyl (C=O) groups excluding carboxylic acids is 1. The fraction of sp³-hybridized carbons (Fsp3) is 0.588. The van der Waals surface area contributed by atoms with E-state index < -0.39 is 0 Å². The van der Waals surface area contributed by atoms with Crippen molar-refractivity contribution in [2.45, 2.75) is 52.2 Å². The van der Waals surface area contributed by atoms with E-state index in [-0.39, 0.29) is 11.9 Å². The van der Waals surface area contributed by atoms with E-state index in [2.05, 4.69) is 27.2 Å². The Morgan fingerprint density at radius 3 is 2.92 bits per heavy atom. The van der Waals surface area contributed by atoms with Gasteiger partial charge in [-0.15, -0.1) is 0 Å². The SMILES string of the molecule is CCCn1ncnc1[C@H](C)NC(=O)c1ccc(CN2CCCC2)o1. The lowest BCUT2D eigenvalue weighted by Crippen LogP contribution is -2.28. The van der Waals surface area contributed by atoms with Crippen LogP contribution >= 0.6 is 0 Å². The second-order valence-corrected chi connectivity index (χ2v) is 6.29. The van der Waals surface area contributed by atoms with Crippen molar-refractivity contribution in [2.75, 3.05) is 13.1 Å². The van der Waals surface area contributed by atoms with Crippen molar-refractivity contribution in [3.8, 4) is 0 Å². The van der Waals surface area contributed by atoms with Gasteiger partial charge in [0.15, 0.2) is 5.76 Å². The monoisotopic (exact) mass is 331 g/mol. The number of aryl methyl sites for hydroxylation is 1. The predicted octanol–water partition coefficient (Wildman–Crippen LogP) is 2.37. The lowest BCUT2D eigenvalue weighted by Gasteiger charge is -2.14. The molecule has 1 N–H and O–H groups in total. The largest absolute Gasteiger partial charge is 0.455 e. The highest BCUT2D eigenvalue weighted by molar-refractivity contribution is 5.91. The van der Waals surface area contributed by atoms with E-state index in [4.69, 9.17) is 4.42 Å². The highest BCUT2D eigenvalue weighted by atomic mass is 16.4. The number of nitrogens with zero attached hydrogens (tertiary/aromatic N) is 4. The molecule has 1 atom stereocenters. The zero-order valence-corrected chi connectivity index (χ0v) is 14.4. The standard InChI is InChI=1S/C17H25N5O2/c1-3-8-22-16(18-12-19-22)13(2)20-17(23)15-7-6-14(24-15)11-21-9-4-5-10-21/h6-7,12-13H,3-5,8-11H2,1-2H3,(H,20,23)/t13-/m0/s1. The van der Waals surface area contributed by atoms with Gasteiger partial charge in [-0.25, -0.2) is 9.67 Å². The molecule has 3 heterocycles. The van der Waals surface area contributed by atoms with E-state index in [1.54, 1.807) is 6.07 Å². The maximum atomic E-state index is 12.4. The minimum absolute atomic E-state index is 0.221. The molecule has 7 heteroatoms. The summed E-state index contributed by atoms with van der Waals surface area (Å²) < 4.78 is 7.53. The molecule has 130 valence electrons. The average Bonchev–Trinajstić information content (AvgIpc) is 3.29. The van der Waals surface area contributed by atoms with Gasteiger partial charge in [0.2, 0.25) is 0 Å². The Hall–Kier alpha value is -2.15. The first-order chi connectivity index (χ1) is 11.7. The third kappa shape index (κ3) is 3.84. The summed E-state index contributed by atoms with van der Waals surface area (Å²) in [5.41, 5.74) is 0. The van der Waals surface area contributed by atoms with Gasteiger partial charge < -0.3 is 9.73 Å². The van der Waals surface area contributed by atoms with Gasteiger partial charge in [0.1, 0.15) is 17.9 Å². The molecule has 7 nitrogen and oxygen atoms in total. The molecular weight excluding hydrogens is 306 g/mol. The Bertz CT molecular complexity index is 672. The summed E-state index contributed by atoms with van der Waals surface area (Å²) in [5.74, 6) is 1.72. The second kappa shape index (κ2) is 7.61.